The van der Waals surface area contributed by atoms with Gasteiger partial charge in [0.05, 0.1) is 17.6 Å². The second kappa shape index (κ2) is 11.7. The van der Waals surface area contributed by atoms with Crippen molar-refractivity contribution < 1.29 is 38.5 Å². The van der Waals surface area contributed by atoms with Gasteiger partial charge in [0.1, 0.15) is 18.0 Å². The number of cyclic esters (lactones) is 1. The highest BCUT2D eigenvalue weighted by Crippen LogP contribution is 2.54. The Morgan fingerprint density at radius 1 is 1.21 bits per heavy atom. The van der Waals surface area contributed by atoms with Crippen molar-refractivity contribution in [1.82, 2.24) is 4.90 Å². The Bertz CT molecular complexity index is 1140. The fourth-order valence-electron chi connectivity index (χ4n) is 6.12. The number of aliphatic hydroxyl groups is 1. The Hall–Kier alpha value is -3.46. The molecule has 1 N–H and O–H groups in total. The van der Waals surface area contributed by atoms with Crippen molar-refractivity contribution >= 4 is 23.5 Å². The first kappa shape index (κ1) is 30.1. The van der Waals surface area contributed by atoms with E-state index in [1.54, 1.807) is 30.9 Å². The maximum Gasteiger partial charge on any atom is 0.340 e. The van der Waals surface area contributed by atoms with E-state index < -0.39 is 46.5 Å². The predicted molar refractivity (Wildman–Crippen MR) is 144 cm³/mol. The summed E-state index contributed by atoms with van der Waals surface area (Å²) in [4.78, 5) is 54.2. The number of ether oxygens (including phenoxy) is 3. The van der Waals surface area contributed by atoms with Gasteiger partial charge in [0.15, 0.2) is 11.5 Å². The summed E-state index contributed by atoms with van der Waals surface area (Å²) in [5.41, 5.74) is -2.12. The summed E-state index contributed by atoms with van der Waals surface area (Å²) in [6.45, 7) is 17.1. The first-order chi connectivity index (χ1) is 18.3. The molecule has 0 unspecified atom stereocenters. The predicted octanol–water partition coefficient (Wildman–Crippen LogP) is 3.77. The number of aliphatic hydroxyl groups excluding tert-OH is 1. The Kier molecular flexibility index (Phi) is 9.05. The average Bonchev–Trinajstić information content (AvgIpc) is 3.13. The lowest BCUT2D eigenvalue weighted by Gasteiger charge is -2.48. The fourth-order valence-corrected chi connectivity index (χ4v) is 6.12. The lowest BCUT2D eigenvalue weighted by atomic mass is 9.62. The van der Waals surface area contributed by atoms with Gasteiger partial charge in [-0.15, -0.1) is 13.2 Å². The number of carbonyl (C=O) groups is 4. The number of carbonyl (C=O) groups excluding carboxylic acids is 4. The maximum atomic E-state index is 13.6. The van der Waals surface area contributed by atoms with Gasteiger partial charge in [0, 0.05) is 63.6 Å². The summed E-state index contributed by atoms with van der Waals surface area (Å²) in [5.74, 6) is -2.94. The number of ketones is 2. The van der Waals surface area contributed by atoms with Gasteiger partial charge in [-0.3, -0.25) is 14.4 Å². The smallest absolute Gasteiger partial charge is 0.340 e. The third kappa shape index (κ3) is 5.50. The minimum Gasteiger partial charge on any atom is -0.504 e. The summed E-state index contributed by atoms with van der Waals surface area (Å²) >= 11 is 0. The number of nitrogens with zero attached hydrogens (tertiary/aromatic N) is 1. The molecule has 3 rings (SSSR count). The molecule has 1 heterocycles. The van der Waals surface area contributed by atoms with Crippen LogP contribution in [0.1, 0.15) is 46.5 Å². The lowest BCUT2D eigenvalue weighted by Crippen LogP contribution is -2.52. The van der Waals surface area contributed by atoms with E-state index in [0.29, 0.717) is 19.5 Å². The van der Waals surface area contributed by atoms with Gasteiger partial charge < -0.3 is 24.2 Å². The minimum absolute atomic E-state index is 0.0269. The third-order valence-corrected chi connectivity index (χ3v) is 8.42. The average molecular weight is 542 g/mol. The Morgan fingerprint density at radius 3 is 2.41 bits per heavy atom. The normalized spacial score (nSPS) is 32.3. The van der Waals surface area contributed by atoms with Crippen molar-refractivity contribution in [3.8, 4) is 0 Å². The van der Waals surface area contributed by atoms with Gasteiger partial charge in [-0.25, -0.2) is 4.79 Å². The molecule has 39 heavy (non-hydrogen) atoms. The second-order valence-corrected chi connectivity index (χ2v) is 10.9. The van der Waals surface area contributed by atoms with Crippen LogP contribution >= 0.6 is 0 Å². The quantitative estimate of drug-likeness (QED) is 0.278. The number of rotatable bonds is 8. The van der Waals surface area contributed by atoms with Gasteiger partial charge >= 0.3 is 11.9 Å². The first-order valence-corrected chi connectivity index (χ1v) is 13.1. The van der Waals surface area contributed by atoms with E-state index in [1.807, 2.05) is 0 Å². The van der Waals surface area contributed by atoms with Crippen molar-refractivity contribution in [2.24, 2.45) is 16.7 Å². The van der Waals surface area contributed by atoms with Gasteiger partial charge in [0.2, 0.25) is 0 Å². The Labute approximate surface area is 229 Å². The molecule has 0 aromatic carbocycles. The molecule has 5 atom stereocenters. The van der Waals surface area contributed by atoms with Gasteiger partial charge in [0.25, 0.3) is 0 Å². The highest BCUT2D eigenvalue weighted by molar-refractivity contribution is 6.02. The van der Waals surface area contributed by atoms with Crippen LogP contribution < -0.4 is 0 Å². The van der Waals surface area contributed by atoms with E-state index in [4.69, 9.17) is 14.2 Å². The number of fused-ring (bicyclic) bond motifs is 2. The fraction of sp³-hybridized carbons (Fsp3) is 0.533. The molecule has 2 fully saturated rings. The van der Waals surface area contributed by atoms with Gasteiger partial charge in [-0.05, 0) is 24.8 Å². The largest absolute Gasteiger partial charge is 0.504 e. The number of methoxy groups -OCH3 is 1. The molecule has 0 spiro atoms. The third-order valence-electron chi connectivity index (χ3n) is 8.42. The summed E-state index contributed by atoms with van der Waals surface area (Å²) in [6, 6.07) is 0. The Morgan fingerprint density at radius 2 is 1.85 bits per heavy atom. The zero-order chi connectivity index (χ0) is 29.1. The number of hydrogen-bond acceptors (Lipinski definition) is 9. The molecule has 2 aliphatic carbocycles. The topological polar surface area (TPSA) is 119 Å². The second-order valence-electron chi connectivity index (χ2n) is 10.9. The van der Waals surface area contributed by atoms with Crippen molar-refractivity contribution in [3.63, 3.8) is 0 Å². The lowest BCUT2D eigenvalue weighted by molar-refractivity contribution is -0.159. The standard InChI is InChI=1S/C30H39NO8/c1-8-12-31(13-9-2)16-21-26-27(35)22(33)14-20-10-11-24(34)29(20,5)15-23(38-19(4)32)18(3)30(26,6)25(17-37-7)39-28(21)36/h8-9,16,20,23,25,35H,1-3,10-15,17H2,4-7H3/t20-,23+,25+,29-,30-/m0/s1. The van der Waals surface area contributed by atoms with Crippen molar-refractivity contribution in [2.75, 3.05) is 26.8 Å². The summed E-state index contributed by atoms with van der Waals surface area (Å²) < 4.78 is 17.0. The van der Waals surface area contributed by atoms with Crippen LogP contribution in [0.3, 0.4) is 0 Å². The molecule has 9 nitrogen and oxygen atoms in total. The zero-order valence-electron chi connectivity index (χ0n) is 23.3. The Balaban J connectivity index is 2.36. The number of hydrogen-bond donors (Lipinski definition) is 1. The van der Waals surface area contributed by atoms with Crippen LogP contribution in [0, 0.1) is 16.7 Å². The minimum atomic E-state index is -1.42. The molecule has 1 saturated heterocycles. The van der Waals surface area contributed by atoms with Crippen LogP contribution in [0.4, 0.5) is 0 Å². The van der Waals surface area contributed by atoms with E-state index in [2.05, 4.69) is 19.7 Å². The van der Waals surface area contributed by atoms with Gasteiger partial charge in [-0.1, -0.05) is 25.7 Å². The molecular formula is C30H39NO8. The molecular weight excluding hydrogens is 502 g/mol. The molecule has 1 saturated carbocycles. The molecule has 0 aromatic rings. The van der Waals surface area contributed by atoms with Crippen LogP contribution in [-0.4, -0.2) is 72.5 Å². The molecule has 212 valence electrons. The zero-order valence-corrected chi connectivity index (χ0v) is 23.3. The molecule has 9 heteroatoms. The summed E-state index contributed by atoms with van der Waals surface area (Å²) in [5, 5.41) is 11.6. The highest BCUT2D eigenvalue weighted by Gasteiger charge is 2.57. The van der Waals surface area contributed by atoms with Crippen LogP contribution in [0.5, 0.6) is 0 Å². The van der Waals surface area contributed by atoms with Crippen molar-refractivity contribution in [1.29, 1.82) is 0 Å². The molecule has 0 radical (unpaired) electrons. The van der Waals surface area contributed by atoms with Crippen molar-refractivity contribution in [2.45, 2.75) is 58.7 Å². The first-order valence-electron chi connectivity index (χ1n) is 13.1. The number of esters is 2. The van der Waals surface area contributed by atoms with Crippen LogP contribution in [0.15, 0.2) is 60.6 Å². The van der Waals surface area contributed by atoms with E-state index in [0.717, 1.165) is 0 Å². The highest BCUT2D eigenvalue weighted by atomic mass is 16.6. The molecule has 0 bridgehead atoms. The maximum absolute atomic E-state index is 13.6. The number of Topliss-reactive ketones (excluding diaryl/α,β-unsaturated/α-hetero) is 2. The number of allylic oxidation sites excluding steroid dienone is 1. The SMILES string of the molecule is C=CCN(C=C1C(=O)O[C@H](COC)[C@]2(C)C(=C)[C@H](OC(C)=O)C[C@]3(C)C(=O)CC[C@H]3CC(=O)C(O)=C12)CC=C. The van der Waals surface area contributed by atoms with Crippen LogP contribution in [0.25, 0.3) is 0 Å². The van der Waals surface area contributed by atoms with Crippen LogP contribution in [0.2, 0.25) is 0 Å². The van der Waals surface area contributed by atoms with E-state index in [-0.39, 0.29) is 54.3 Å². The van der Waals surface area contributed by atoms with E-state index in [1.165, 1.54) is 20.2 Å². The summed E-state index contributed by atoms with van der Waals surface area (Å²) in [7, 11) is 1.43. The molecule has 0 amide bonds. The van der Waals surface area contributed by atoms with Crippen molar-refractivity contribution in [3.05, 3.63) is 60.6 Å². The van der Waals surface area contributed by atoms with E-state index >= 15 is 0 Å². The molecule has 0 aromatic heterocycles. The monoisotopic (exact) mass is 541 g/mol. The summed E-state index contributed by atoms with van der Waals surface area (Å²) in [6.07, 6.45) is 3.55. The van der Waals surface area contributed by atoms with Gasteiger partial charge in [-0.2, -0.15) is 0 Å². The van der Waals surface area contributed by atoms with E-state index in [9.17, 15) is 24.3 Å². The molecule has 1 aliphatic heterocycles. The van der Waals surface area contributed by atoms with Crippen LogP contribution in [-0.2, 0) is 33.4 Å². The molecule has 3 aliphatic rings.